The number of nitrogens with one attached hydrogen (secondary N) is 2. The molecule has 0 saturated heterocycles. The summed E-state index contributed by atoms with van der Waals surface area (Å²) in [4.78, 5) is 0. The van der Waals surface area contributed by atoms with E-state index in [1.165, 1.54) is 44.5 Å². The van der Waals surface area contributed by atoms with Crippen LogP contribution in [0.4, 0.5) is 0 Å². The fourth-order valence-electron chi connectivity index (χ4n) is 4.00. The summed E-state index contributed by atoms with van der Waals surface area (Å²) in [6.45, 7) is 20.0. The SMILES string of the molecule is CC(C)(C)[NH-].CC(C)(C)[NH-].C[SiH]C.C[SiH]C.[Cl-].[Cl-].[Hf].[Hf].[c-]1cccc2c1Cc1ccccc1-2.[c-]1cccc2c1Cc1ccccc1-2. The van der Waals surface area contributed by atoms with Gasteiger partial charge < -0.3 is 36.3 Å². The molecule has 0 aliphatic heterocycles. The van der Waals surface area contributed by atoms with Crippen molar-refractivity contribution < 1.29 is 76.5 Å². The molecule has 0 saturated carbocycles. The molecule has 0 fully saturated rings. The fourth-order valence-corrected chi connectivity index (χ4v) is 4.00. The van der Waals surface area contributed by atoms with Crippen LogP contribution in [0.2, 0.25) is 26.2 Å². The van der Waals surface area contributed by atoms with Gasteiger partial charge in [0.1, 0.15) is 0 Å². The number of benzene rings is 4. The van der Waals surface area contributed by atoms with Gasteiger partial charge in [-0.15, -0.1) is 22.2 Å². The van der Waals surface area contributed by atoms with Gasteiger partial charge in [-0.05, 0) is 12.8 Å². The maximum atomic E-state index is 6.94. The first-order chi connectivity index (χ1) is 19.7. The molecule has 0 spiro atoms. The quantitative estimate of drug-likeness (QED) is 0.155. The second-order valence-electron chi connectivity index (χ2n) is 12.4. The topological polar surface area (TPSA) is 47.6 Å². The third kappa shape index (κ3) is 22.2. The molecule has 46 heavy (non-hydrogen) atoms. The zero-order chi connectivity index (χ0) is 31.8. The maximum Gasteiger partial charge on any atom is 0.0213 e. The van der Waals surface area contributed by atoms with Crippen molar-refractivity contribution in [3.63, 3.8) is 0 Å². The van der Waals surface area contributed by atoms with E-state index in [0.717, 1.165) is 31.9 Å². The zero-order valence-corrected chi connectivity index (χ0v) is 40.4. The molecule has 2 aliphatic rings. The number of fused-ring (bicyclic) bond motifs is 6. The molecule has 0 unspecified atom stereocenters. The number of hydrogen-bond donors (Lipinski definition) is 0. The standard InChI is InChI=1S/2C13H9.2C4H10N.2C2H7Si.2ClH.2Hf/c2*1-3-7-12-10(5-1)9-11-6-2-4-8-13(11)12;2*1-4(2,3)5;2*1-3-2;;;;/h2*1-5,7-8H,9H2;2*5H,1-3H3;2*3H,1-2H3;2*1H;;/q4*-1;;;;;;/p-2. The van der Waals surface area contributed by atoms with Crippen LogP contribution in [0.15, 0.2) is 84.9 Å². The summed E-state index contributed by atoms with van der Waals surface area (Å²) >= 11 is 0. The van der Waals surface area contributed by atoms with Crippen LogP contribution in [0, 0.1) is 12.1 Å². The molecular formula is C38H52Cl2Hf2N2Si2-6. The first-order valence-corrected chi connectivity index (χ1v) is 19.5. The van der Waals surface area contributed by atoms with E-state index in [-0.39, 0.29) is 87.6 Å². The Balaban J connectivity index is -0.000000251. The van der Waals surface area contributed by atoms with Gasteiger partial charge in [0.05, 0.1) is 0 Å². The monoisotopic (exact) mass is 1020 g/mol. The van der Waals surface area contributed by atoms with Gasteiger partial charge in [-0.1, -0.05) is 139 Å². The Morgan fingerprint density at radius 2 is 0.739 bits per heavy atom. The van der Waals surface area contributed by atoms with Crippen molar-refractivity contribution in [3.8, 4) is 22.3 Å². The molecule has 2 radical (unpaired) electrons. The van der Waals surface area contributed by atoms with Gasteiger partial charge >= 0.3 is 0 Å². The molecule has 0 aromatic heterocycles. The average molecular weight is 1020 g/mol. The fraction of sp³-hybridized carbons (Fsp3) is 0.368. The summed E-state index contributed by atoms with van der Waals surface area (Å²) in [5.74, 6) is 0. The molecule has 0 bridgehead atoms. The number of halogens is 2. The van der Waals surface area contributed by atoms with Crippen LogP contribution in [0.5, 0.6) is 0 Å². The van der Waals surface area contributed by atoms with E-state index < -0.39 is 0 Å². The second-order valence-corrected chi connectivity index (χ2v) is 14.8. The van der Waals surface area contributed by atoms with E-state index in [4.69, 9.17) is 11.5 Å². The Hall–Kier alpha value is -0.446. The Morgan fingerprint density at radius 3 is 1.02 bits per heavy atom. The molecule has 0 atom stereocenters. The van der Waals surface area contributed by atoms with E-state index in [0.29, 0.717) is 0 Å². The number of rotatable bonds is 0. The molecule has 4 aromatic rings. The maximum absolute atomic E-state index is 6.94. The van der Waals surface area contributed by atoms with Crippen LogP contribution >= 0.6 is 0 Å². The van der Waals surface area contributed by atoms with E-state index in [2.05, 4.69) is 111 Å². The van der Waals surface area contributed by atoms with Crippen LogP contribution in [0.25, 0.3) is 33.7 Å². The molecule has 4 aromatic carbocycles. The van der Waals surface area contributed by atoms with Gasteiger partial charge in [0.15, 0.2) is 0 Å². The second kappa shape index (κ2) is 27.4. The summed E-state index contributed by atoms with van der Waals surface area (Å²) in [7, 11) is 1.50. The van der Waals surface area contributed by atoms with Crippen molar-refractivity contribution in [1.82, 2.24) is 0 Å². The predicted molar refractivity (Wildman–Crippen MR) is 193 cm³/mol. The van der Waals surface area contributed by atoms with E-state index in [1.807, 2.05) is 53.7 Å². The van der Waals surface area contributed by atoms with Crippen molar-refractivity contribution in [2.45, 2.75) is 91.6 Å². The van der Waals surface area contributed by atoms with Crippen LogP contribution < -0.4 is 24.8 Å². The molecule has 0 amide bonds. The Labute approximate surface area is 337 Å². The van der Waals surface area contributed by atoms with Crippen molar-refractivity contribution in [3.05, 3.63) is 131 Å². The molecule has 2 nitrogen and oxygen atoms in total. The predicted octanol–water partition coefficient (Wildman–Crippen LogP) is 4.83. The minimum Gasteiger partial charge on any atom is -1.00 e. The summed E-state index contributed by atoms with van der Waals surface area (Å²) in [5.41, 5.74) is 24.4. The van der Waals surface area contributed by atoms with Crippen molar-refractivity contribution in [2.75, 3.05) is 0 Å². The minimum atomic E-state index is -0.250. The van der Waals surface area contributed by atoms with Crippen LogP contribution in [-0.4, -0.2) is 30.1 Å². The van der Waals surface area contributed by atoms with E-state index in [1.54, 1.807) is 0 Å². The first-order valence-electron chi connectivity index (χ1n) is 14.9. The summed E-state index contributed by atoms with van der Waals surface area (Å²) in [6.07, 6.45) is 2.10. The van der Waals surface area contributed by atoms with Gasteiger partial charge in [-0.3, -0.25) is 0 Å². The molecule has 250 valence electrons. The zero-order valence-electron chi connectivity index (χ0n) is 29.4. The smallest absolute Gasteiger partial charge is 0.0213 e. The van der Waals surface area contributed by atoms with E-state index in [9.17, 15) is 0 Å². The summed E-state index contributed by atoms with van der Waals surface area (Å²) < 4.78 is 0. The Kier molecular flexibility index (Phi) is 31.2. The van der Waals surface area contributed by atoms with Crippen LogP contribution in [0.1, 0.15) is 63.8 Å². The third-order valence-electron chi connectivity index (χ3n) is 5.23. The van der Waals surface area contributed by atoms with Gasteiger partial charge in [-0.2, -0.15) is 59.7 Å². The molecule has 2 N–H and O–H groups in total. The average Bonchev–Trinajstić information content (AvgIpc) is 3.47. The summed E-state index contributed by atoms with van der Waals surface area (Å²) in [5, 5.41) is 0. The van der Waals surface area contributed by atoms with Crippen molar-refractivity contribution in [2.24, 2.45) is 0 Å². The van der Waals surface area contributed by atoms with Gasteiger partial charge in [0.2, 0.25) is 0 Å². The van der Waals surface area contributed by atoms with Crippen LogP contribution in [0.3, 0.4) is 0 Å². The number of hydrogen-bond acceptors (Lipinski definition) is 0. The van der Waals surface area contributed by atoms with E-state index >= 15 is 0 Å². The Morgan fingerprint density at radius 1 is 0.500 bits per heavy atom. The van der Waals surface area contributed by atoms with Crippen molar-refractivity contribution >= 4 is 19.0 Å². The Bertz CT molecular complexity index is 1140. The van der Waals surface area contributed by atoms with Crippen LogP contribution in [-0.2, 0) is 64.5 Å². The van der Waals surface area contributed by atoms with Gasteiger partial charge in [-0.25, -0.2) is 0 Å². The molecule has 0 heterocycles. The molecule has 8 heteroatoms. The molecular weight excluding hydrogens is 968 g/mol. The largest absolute Gasteiger partial charge is 1.00 e. The van der Waals surface area contributed by atoms with Gasteiger partial charge in [0.25, 0.3) is 0 Å². The molecule has 6 rings (SSSR count). The third-order valence-corrected chi connectivity index (χ3v) is 5.23. The van der Waals surface area contributed by atoms with Crippen molar-refractivity contribution in [1.29, 1.82) is 0 Å². The normalized spacial score (nSPS) is 10.3. The van der Waals surface area contributed by atoms with Gasteiger partial charge in [0, 0.05) is 70.7 Å². The summed E-state index contributed by atoms with van der Waals surface area (Å²) in [6, 6.07) is 36.2. The molecule has 2 aliphatic carbocycles. The minimum absolute atomic E-state index is 0. The first kappa shape index (κ1) is 52.4.